The van der Waals surface area contributed by atoms with E-state index in [4.69, 9.17) is 4.74 Å². The number of carbonyl (C=O) groups excluding carboxylic acids is 1. The molecule has 2 aliphatic rings. The number of rotatable bonds is 3. The number of carbonyl (C=O) groups is 1. The summed E-state index contributed by atoms with van der Waals surface area (Å²) in [6, 6.07) is 9.89. The van der Waals surface area contributed by atoms with Gasteiger partial charge in [0.1, 0.15) is 5.56 Å². The Hall–Kier alpha value is -2.40. The van der Waals surface area contributed by atoms with Crippen LogP contribution in [0.15, 0.2) is 41.3 Å². The van der Waals surface area contributed by atoms with Crippen molar-refractivity contribution in [3.8, 4) is 0 Å². The van der Waals surface area contributed by atoms with Gasteiger partial charge >= 0.3 is 0 Å². The number of benzene rings is 1. The van der Waals surface area contributed by atoms with Crippen LogP contribution in [-0.4, -0.2) is 28.1 Å². The van der Waals surface area contributed by atoms with E-state index in [-0.39, 0.29) is 23.1 Å². The fraction of sp³-hybridized carbons (Fsp3) is 0.400. The Morgan fingerprint density at radius 2 is 1.92 bits per heavy atom. The normalized spacial score (nSPS) is 19.2. The van der Waals surface area contributed by atoms with Gasteiger partial charge in [0.25, 0.3) is 11.5 Å². The van der Waals surface area contributed by atoms with Crippen molar-refractivity contribution in [3.05, 3.63) is 69.1 Å². The lowest BCUT2D eigenvalue weighted by Gasteiger charge is -2.18. The number of aromatic nitrogens is 1. The Morgan fingerprint density at radius 1 is 1.20 bits per heavy atom. The van der Waals surface area contributed by atoms with Crippen molar-refractivity contribution in [3.63, 3.8) is 0 Å². The van der Waals surface area contributed by atoms with Crippen LogP contribution in [0.3, 0.4) is 0 Å². The van der Waals surface area contributed by atoms with Crippen LogP contribution in [0.1, 0.15) is 39.9 Å². The van der Waals surface area contributed by atoms with Gasteiger partial charge in [0, 0.05) is 25.9 Å². The molecule has 0 bridgehead atoms. The zero-order valence-electron chi connectivity index (χ0n) is 14.4. The van der Waals surface area contributed by atoms with E-state index in [0.717, 1.165) is 36.1 Å². The van der Waals surface area contributed by atoms with E-state index in [2.05, 4.69) is 0 Å². The van der Waals surface area contributed by atoms with Crippen LogP contribution in [0.5, 0.6) is 0 Å². The Morgan fingerprint density at radius 3 is 2.56 bits per heavy atom. The molecule has 0 aliphatic carbocycles. The van der Waals surface area contributed by atoms with Crippen molar-refractivity contribution < 1.29 is 9.53 Å². The molecule has 1 fully saturated rings. The number of pyridine rings is 1. The number of amides is 1. The van der Waals surface area contributed by atoms with Gasteiger partial charge in [-0.1, -0.05) is 24.3 Å². The van der Waals surface area contributed by atoms with E-state index in [1.165, 1.54) is 0 Å². The number of aryl methyl sites for hydroxylation is 1. The third-order valence-corrected chi connectivity index (χ3v) is 5.14. The molecule has 5 nitrogen and oxygen atoms in total. The monoisotopic (exact) mass is 338 g/mol. The average Bonchev–Trinajstić information content (AvgIpc) is 3.26. The first-order valence-corrected chi connectivity index (χ1v) is 8.81. The van der Waals surface area contributed by atoms with E-state index >= 15 is 0 Å². The fourth-order valence-corrected chi connectivity index (χ4v) is 3.71. The van der Waals surface area contributed by atoms with Crippen molar-refractivity contribution in [2.75, 3.05) is 6.61 Å². The summed E-state index contributed by atoms with van der Waals surface area (Å²) in [5.74, 6) is -0.180. The molecule has 0 saturated carbocycles. The molecule has 3 heterocycles. The summed E-state index contributed by atoms with van der Waals surface area (Å²) in [5.41, 5.74) is 3.12. The molecule has 1 unspecified atom stereocenters. The van der Waals surface area contributed by atoms with Gasteiger partial charge in [-0.15, -0.1) is 0 Å². The van der Waals surface area contributed by atoms with E-state index in [1.54, 1.807) is 15.7 Å². The summed E-state index contributed by atoms with van der Waals surface area (Å²) in [4.78, 5) is 27.7. The van der Waals surface area contributed by atoms with Crippen LogP contribution in [0.2, 0.25) is 0 Å². The minimum atomic E-state index is -0.212. The standard InChI is InChI=1S/C20H22N2O3/c1-14-8-9-21(13-17-7-4-10-25-17)19(23)18(14)20(24)22-11-15-5-2-3-6-16(15)12-22/h2-3,5-6,8-9,17H,4,7,10-13H2,1H3. The highest BCUT2D eigenvalue weighted by Crippen LogP contribution is 2.24. The smallest absolute Gasteiger partial charge is 0.263 e. The number of fused-ring (bicyclic) bond motifs is 1. The zero-order chi connectivity index (χ0) is 17.4. The molecule has 0 N–H and O–H groups in total. The Balaban J connectivity index is 1.61. The van der Waals surface area contributed by atoms with Crippen molar-refractivity contribution in [1.82, 2.24) is 9.47 Å². The summed E-state index contributed by atoms with van der Waals surface area (Å²) in [5, 5.41) is 0. The second-order valence-corrected chi connectivity index (χ2v) is 6.90. The third-order valence-electron chi connectivity index (χ3n) is 5.14. The maximum Gasteiger partial charge on any atom is 0.263 e. The molecule has 1 aromatic heterocycles. The summed E-state index contributed by atoms with van der Waals surface area (Å²) in [6.45, 7) is 4.22. The Kier molecular flexibility index (Phi) is 4.17. The molecule has 1 aromatic carbocycles. The minimum Gasteiger partial charge on any atom is -0.376 e. The molecule has 1 amide bonds. The van der Waals surface area contributed by atoms with E-state index < -0.39 is 0 Å². The molecule has 2 aliphatic heterocycles. The van der Waals surface area contributed by atoms with Gasteiger partial charge < -0.3 is 14.2 Å². The SMILES string of the molecule is Cc1ccn(CC2CCCO2)c(=O)c1C(=O)N1Cc2ccccc2C1. The first kappa shape index (κ1) is 16.1. The minimum absolute atomic E-state index is 0.0689. The number of hydrogen-bond acceptors (Lipinski definition) is 3. The van der Waals surface area contributed by atoms with Gasteiger partial charge in [0.05, 0.1) is 12.6 Å². The highest BCUT2D eigenvalue weighted by molar-refractivity contribution is 5.95. The van der Waals surface area contributed by atoms with Gasteiger partial charge in [-0.3, -0.25) is 9.59 Å². The fourth-order valence-electron chi connectivity index (χ4n) is 3.71. The Labute approximate surface area is 146 Å². The third kappa shape index (κ3) is 3.00. The predicted octanol–water partition coefficient (Wildman–Crippen LogP) is 2.49. The van der Waals surface area contributed by atoms with E-state index in [9.17, 15) is 9.59 Å². The van der Waals surface area contributed by atoms with Crippen molar-refractivity contribution in [2.45, 2.75) is 45.5 Å². The summed E-state index contributed by atoms with van der Waals surface area (Å²) < 4.78 is 7.25. The molecule has 25 heavy (non-hydrogen) atoms. The molecular formula is C20H22N2O3. The van der Waals surface area contributed by atoms with Gasteiger partial charge in [-0.2, -0.15) is 0 Å². The van der Waals surface area contributed by atoms with Crippen molar-refractivity contribution in [2.24, 2.45) is 0 Å². The highest BCUT2D eigenvalue weighted by Gasteiger charge is 2.27. The molecule has 1 saturated heterocycles. The molecule has 4 rings (SSSR count). The summed E-state index contributed by atoms with van der Waals surface area (Å²) in [7, 11) is 0. The predicted molar refractivity (Wildman–Crippen MR) is 94.4 cm³/mol. The van der Waals surface area contributed by atoms with Crippen LogP contribution in [0, 0.1) is 6.92 Å². The van der Waals surface area contributed by atoms with Crippen LogP contribution < -0.4 is 5.56 Å². The molecule has 0 spiro atoms. The van der Waals surface area contributed by atoms with Gasteiger partial charge in [-0.25, -0.2) is 0 Å². The lowest BCUT2D eigenvalue weighted by atomic mass is 10.1. The second-order valence-electron chi connectivity index (χ2n) is 6.90. The van der Waals surface area contributed by atoms with Gasteiger partial charge in [-0.05, 0) is 42.5 Å². The van der Waals surface area contributed by atoms with Crippen LogP contribution in [0.4, 0.5) is 0 Å². The first-order valence-electron chi connectivity index (χ1n) is 8.81. The molecule has 5 heteroatoms. The largest absolute Gasteiger partial charge is 0.376 e. The molecule has 0 radical (unpaired) electrons. The summed E-state index contributed by atoms with van der Waals surface area (Å²) in [6.07, 6.45) is 3.84. The second kappa shape index (κ2) is 6.48. The van der Waals surface area contributed by atoms with Crippen LogP contribution in [-0.2, 0) is 24.4 Å². The lowest BCUT2D eigenvalue weighted by Crippen LogP contribution is -2.36. The molecule has 2 aromatic rings. The maximum absolute atomic E-state index is 13.0. The van der Waals surface area contributed by atoms with Crippen LogP contribution in [0.25, 0.3) is 0 Å². The average molecular weight is 338 g/mol. The van der Waals surface area contributed by atoms with Crippen LogP contribution >= 0.6 is 0 Å². The topological polar surface area (TPSA) is 51.5 Å². The molecule has 1 atom stereocenters. The van der Waals surface area contributed by atoms with Gasteiger partial charge in [0.2, 0.25) is 0 Å². The maximum atomic E-state index is 13.0. The molecular weight excluding hydrogens is 316 g/mol. The number of ether oxygens (including phenoxy) is 1. The quantitative estimate of drug-likeness (QED) is 0.864. The lowest BCUT2D eigenvalue weighted by molar-refractivity contribution is 0.0745. The van der Waals surface area contributed by atoms with Gasteiger partial charge in [0.15, 0.2) is 0 Å². The highest BCUT2D eigenvalue weighted by atomic mass is 16.5. The van der Waals surface area contributed by atoms with E-state index in [1.807, 2.05) is 37.3 Å². The number of hydrogen-bond donors (Lipinski definition) is 0. The molecule has 130 valence electrons. The van der Waals surface area contributed by atoms with E-state index in [0.29, 0.717) is 19.6 Å². The van der Waals surface area contributed by atoms with Crippen molar-refractivity contribution >= 4 is 5.91 Å². The Bertz CT molecular complexity index is 840. The first-order chi connectivity index (χ1) is 12.1. The summed E-state index contributed by atoms with van der Waals surface area (Å²) >= 11 is 0. The number of nitrogens with zero attached hydrogens (tertiary/aromatic N) is 2. The van der Waals surface area contributed by atoms with Crippen molar-refractivity contribution in [1.29, 1.82) is 0 Å². The zero-order valence-corrected chi connectivity index (χ0v) is 14.4.